The third-order valence-corrected chi connectivity index (χ3v) is 9.17. The van der Waals surface area contributed by atoms with Crippen molar-refractivity contribution in [3.05, 3.63) is 133 Å². The largest absolute Gasteiger partial charge is 0.208 e. The maximum Gasteiger partial charge on any atom is 0.164 e. The molecule has 0 radical (unpaired) electrons. The van der Waals surface area contributed by atoms with Crippen LogP contribution in [0.2, 0.25) is 19.6 Å². The molecule has 0 saturated carbocycles. The summed E-state index contributed by atoms with van der Waals surface area (Å²) in [5, 5.41) is 1.42. The van der Waals surface area contributed by atoms with Gasteiger partial charge in [-0.05, 0) is 34.4 Å². The minimum atomic E-state index is -1.40. The number of benzene rings is 5. The summed E-state index contributed by atoms with van der Waals surface area (Å²) >= 11 is 0. The van der Waals surface area contributed by atoms with Crippen LogP contribution in [0.15, 0.2) is 133 Å². The molecule has 6 rings (SSSR count). The molecule has 0 unspecified atom stereocenters. The first kappa shape index (κ1) is 25.6. The molecule has 1 aromatic heterocycles. The Kier molecular flexibility index (Phi) is 6.93. The molecule has 0 aliphatic carbocycles. The molecule has 40 heavy (non-hydrogen) atoms. The van der Waals surface area contributed by atoms with E-state index in [0.29, 0.717) is 17.5 Å². The fraction of sp³-hybridized carbons (Fsp3) is 0.0833. The number of aromatic nitrogens is 3. The lowest BCUT2D eigenvalue weighted by atomic mass is 9.98. The Hall–Kier alpha value is -4.67. The number of hydrogen-bond donors (Lipinski definition) is 0. The van der Waals surface area contributed by atoms with Gasteiger partial charge in [0, 0.05) is 16.7 Å². The fourth-order valence-corrected chi connectivity index (χ4v) is 5.98. The van der Waals surface area contributed by atoms with E-state index >= 15 is 0 Å². The molecule has 0 atom stereocenters. The highest BCUT2D eigenvalue weighted by atomic mass is 28.3. The number of hydrogen-bond acceptors (Lipinski definition) is 3. The molecular formula is C36H31N3Si. The van der Waals surface area contributed by atoms with E-state index in [1.807, 2.05) is 36.4 Å². The molecule has 194 valence electrons. The Morgan fingerprint density at radius 3 is 1.25 bits per heavy atom. The molecule has 1 heterocycles. The van der Waals surface area contributed by atoms with Crippen molar-refractivity contribution in [2.75, 3.05) is 0 Å². The van der Waals surface area contributed by atoms with Crippen molar-refractivity contribution >= 4 is 13.3 Å². The first-order valence-electron chi connectivity index (χ1n) is 13.6. The lowest BCUT2D eigenvalue weighted by molar-refractivity contribution is 1.07. The van der Waals surface area contributed by atoms with E-state index in [-0.39, 0.29) is 0 Å². The molecule has 6 aromatic rings. The standard InChI is InChI=1S/C36H31N3Si/c1-40(2,3)33-22-20-28(21-23-33)35-37-34(27-14-8-5-9-15-27)38-36(39-35)32-19-11-18-31(25-32)30-17-10-16-29(24-30)26-12-6-4-7-13-26/h4-25H,1-3H3. The summed E-state index contributed by atoms with van der Waals surface area (Å²) in [4.78, 5) is 14.8. The van der Waals surface area contributed by atoms with E-state index in [1.54, 1.807) is 0 Å². The van der Waals surface area contributed by atoms with E-state index in [2.05, 4.69) is 117 Å². The fourth-order valence-electron chi connectivity index (χ4n) is 4.82. The van der Waals surface area contributed by atoms with Crippen molar-refractivity contribution in [3.63, 3.8) is 0 Å². The Balaban J connectivity index is 1.43. The third-order valence-electron chi connectivity index (χ3n) is 7.10. The molecule has 0 bridgehead atoms. The van der Waals surface area contributed by atoms with Crippen LogP contribution in [-0.2, 0) is 0 Å². The molecule has 4 heteroatoms. The first-order valence-corrected chi connectivity index (χ1v) is 17.1. The molecule has 0 aliphatic heterocycles. The maximum atomic E-state index is 4.98. The van der Waals surface area contributed by atoms with Crippen LogP contribution in [0.3, 0.4) is 0 Å². The summed E-state index contributed by atoms with van der Waals surface area (Å²) in [6, 6.07) is 46.5. The van der Waals surface area contributed by atoms with Gasteiger partial charge in [-0.1, -0.05) is 146 Å². The van der Waals surface area contributed by atoms with Crippen molar-refractivity contribution in [2.24, 2.45) is 0 Å². The second-order valence-corrected chi connectivity index (χ2v) is 16.1. The maximum absolute atomic E-state index is 4.98. The zero-order valence-electron chi connectivity index (χ0n) is 23.0. The Morgan fingerprint density at radius 2 is 0.725 bits per heavy atom. The van der Waals surface area contributed by atoms with Gasteiger partial charge >= 0.3 is 0 Å². The van der Waals surface area contributed by atoms with Gasteiger partial charge in [0.05, 0.1) is 8.07 Å². The molecule has 0 saturated heterocycles. The van der Waals surface area contributed by atoms with Gasteiger partial charge in [-0.25, -0.2) is 15.0 Å². The van der Waals surface area contributed by atoms with Crippen molar-refractivity contribution in [1.29, 1.82) is 0 Å². The lowest BCUT2D eigenvalue weighted by Gasteiger charge is -2.16. The Labute approximate surface area is 237 Å². The van der Waals surface area contributed by atoms with Crippen LogP contribution in [0, 0.1) is 0 Å². The van der Waals surface area contributed by atoms with Crippen molar-refractivity contribution in [1.82, 2.24) is 15.0 Å². The zero-order valence-corrected chi connectivity index (χ0v) is 24.0. The summed E-state index contributed by atoms with van der Waals surface area (Å²) < 4.78 is 0. The average molecular weight is 534 g/mol. The smallest absolute Gasteiger partial charge is 0.164 e. The topological polar surface area (TPSA) is 38.7 Å². The highest BCUT2D eigenvalue weighted by molar-refractivity contribution is 6.88. The van der Waals surface area contributed by atoms with Gasteiger partial charge in [-0.3, -0.25) is 0 Å². The molecular weight excluding hydrogens is 503 g/mol. The minimum Gasteiger partial charge on any atom is -0.208 e. The third kappa shape index (κ3) is 5.53. The van der Waals surface area contributed by atoms with Crippen LogP contribution < -0.4 is 5.19 Å². The molecule has 0 N–H and O–H groups in total. The summed E-state index contributed by atoms with van der Waals surface area (Å²) in [5.41, 5.74) is 7.60. The van der Waals surface area contributed by atoms with Crippen LogP contribution in [0.5, 0.6) is 0 Å². The lowest BCUT2D eigenvalue weighted by Crippen LogP contribution is -2.37. The van der Waals surface area contributed by atoms with E-state index in [1.165, 1.54) is 16.3 Å². The van der Waals surface area contributed by atoms with E-state index in [0.717, 1.165) is 27.8 Å². The first-order chi connectivity index (χ1) is 19.4. The van der Waals surface area contributed by atoms with Crippen LogP contribution in [0.1, 0.15) is 0 Å². The molecule has 3 nitrogen and oxygen atoms in total. The quantitative estimate of drug-likeness (QED) is 0.201. The SMILES string of the molecule is C[Si](C)(C)c1ccc(-c2nc(-c3ccccc3)nc(-c3cccc(-c4cccc(-c5ccccc5)c4)c3)n2)cc1. The number of rotatable bonds is 6. The van der Waals surface area contributed by atoms with Gasteiger partial charge in [0.2, 0.25) is 0 Å². The van der Waals surface area contributed by atoms with Crippen LogP contribution in [-0.4, -0.2) is 23.0 Å². The van der Waals surface area contributed by atoms with Crippen LogP contribution in [0.4, 0.5) is 0 Å². The van der Waals surface area contributed by atoms with Gasteiger partial charge in [-0.15, -0.1) is 0 Å². The molecule has 0 aliphatic rings. The predicted molar refractivity (Wildman–Crippen MR) is 170 cm³/mol. The highest BCUT2D eigenvalue weighted by Crippen LogP contribution is 2.30. The second-order valence-electron chi connectivity index (χ2n) is 11.0. The second kappa shape index (κ2) is 10.8. The normalized spacial score (nSPS) is 11.4. The monoisotopic (exact) mass is 533 g/mol. The summed E-state index contributed by atoms with van der Waals surface area (Å²) in [6.45, 7) is 7.08. The zero-order chi connectivity index (χ0) is 27.5. The predicted octanol–water partition coefficient (Wildman–Crippen LogP) is 8.75. The van der Waals surface area contributed by atoms with E-state index in [9.17, 15) is 0 Å². The molecule has 0 spiro atoms. The van der Waals surface area contributed by atoms with Gasteiger partial charge in [0.15, 0.2) is 17.5 Å². The van der Waals surface area contributed by atoms with Gasteiger partial charge in [-0.2, -0.15) is 0 Å². The Bertz CT molecular complexity index is 1760. The van der Waals surface area contributed by atoms with E-state index < -0.39 is 8.07 Å². The molecule has 0 amide bonds. The summed E-state index contributed by atoms with van der Waals surface area (Å²) in [5.74, 6) is 2.02. The number of nitrogens with zero attached hydrogens (tertiary/aromatic N) is 3. The average Bonchev–Trinajstić information content (AvgIpc) is 3.01. The van der Waals surface area contributed by atoms with Crippen molar-refractivity contribution < 1.29 is 0 Å². The van der Waals surface area contributed by atoms with Crippen molar-refractivity contribution in [2.45, 2.75) is 19.6 Å². The summed E-state index contributed by atoms with van der Waals surface area (Å²) in [7, 11) is -1.40. The van der Waals surface area contributed by atoms with Gasteiger partial charge in [0.1, 0.15) is 0 Å². The van der Waals surface area contributed by atoms with Gasteiger partial charge in [0.25, 0.3) is 0 Å². The van der Waals surface area contributed by atoms with Gasteiger partial charge < -0.3 is 0 Å². The molecule has 0 fully saturated rings. The van der Waals surface area contributed by atoms with Crippen LogP contribution in [0.25, 0.3) is 56.4 Å². The minimum absolute atomic E-state index is 0.666. The van der Waals surface area contributed by atoms with E-state index in [4.69, 9.17) is 15.0 Å². The van der Waals surface area contributed by atoms with Crippen molar-refractivity contribution in [3.8, 4) is 56.4 Å². The summed E-state index contributed by atoms with van der Waals surface area (Å²) in [6.07, 6.45) is 0. The molecule has 5 aromatic carbocycles. The highest BCUT2D eigenvalue weighted by Gasteiger charge is 2.17. The Morgan fingerprint density at radius 1 is 0.350 bits per heavy atom. The van der Waals surface area contributed by atoms with Crippen LogP contribution >= 0.6 is 0 Å².